The van der Waals surface area contributed by atoms with Crippen LogP contribution in [0.15, 0.2) is 24.5 Å². The number of thiocarbonyl (C=S) groups is 1. The Labute approximate surface area is 107 Å². The van der Waals surface area contributed by atoms with Crippen molar-refractivity contribution >= 4 is 23.1 Å². The van der Waals surface area contributed by atoms with Gasteiger partial charge in [-0.1, -0.05) is 26.1 Å². The van der Waals surface area contributed by atoms with Gasteiger partial charge in [0.1, 0.15) is 0 Å². The maximum absolute atomic E-state index is 11.9. The smallest absolute Gasteiger partial charge is 0.253 e. The highest BCUT2D eigenvalue weighted by molar-refractivity contribution is 7.80. The van der Waals surface area contributed by atoms with Crippen LogP contribution in [0.25, 0.3) is 0 Å². The Hall–Kier alpha value is -1.49. The largest absolute Gasteiger partial charge is 0.392 e. The average molecular weight is 251 g/mol. The fraction of sp³-hybridized carbons (Fsp3) is 0.417. The molecule has 3 N–H and O–H groups in total. The normalized spacial score (nSPS) is 12.2. The zero-order valence-electron chi connectivity index (χ0n) is 10.0. The lowest BCUT2D eigenvalue weighted by molar-refractivity contribution is 0.0943. The Morgan fingerprint density at radius 3 is 2.76 bits per heavy atom. The molecule has 0 aliphatic carbocycles. The van der Waals surface area contributed by atoms with Gasteiger partial charge in [-0.3, -0.25) is 9.78 Å². The van der Waals surface area contributed by atoms with Gasteiger partial charge in [-0.05, 0) is 24.5 Å². The third kappa shape index (κ3) is 4.48. The third-order valence-electron chi connectivity index (χ3n) is 2.28. The molecule has 1 amide bonds. The fourth-order valence-electron chi connectivity index (χ4n) is 1.46. The highest BCUT2D eigenvalue weighted by atomic mass is 32.1. The molecule has 0 saturated carbocycles. The highest BCUT2D eigenvalue weighted by Crippen LogP contribution is 2.06. The first-order valence-corrected chi connectivity index (χ1v) is 5.91. The van der Waals surface area contributed by atoms with Gasteiger partial charge in [-0.25, -0.2) is 0 Å². The molecule has 1 aromatic rings. The molecule has 1 atom stereocenters. The van der Waals surface area contributed by atoms with Gasteiger partial charge in [0.15, 0.2) is 0 Å². The van der Waals surface area contributed by atoms with Crippen LogP contribution in [-0.2, 0) is 0 Å². The van der Waals surface area contributed by atoms with Gasteiger partial charge in [0.25, 0.3) is 5.91 Å². The summed E-state index contributed by atoms with van der Waals surface area (Å²) in [6.07, 6.45) is 3.87. The summed E-state index contributed by atoms with van der Waals surface area (Å²) in [5.74, 6) is 0.215. The van der Waals surface area contributed by atoms with Crippen molar-refractivity contribution < 1.29 is 4.79 Å². The lowest BCUT2D eigenvalue weighted by Gasteiger charge is -2.19. The fourth-order valence-corrected chi connectivity index (χ4v) is 1.61. The number of nitrogens with zero attached hydrogens (tertiary/aromatic N) is 1. The number of carbonyl (C=O) groups is 1. The molecule has 17 heavy (non-hydrogen) atoms. The second-order valence-corrected chi connectivity index (χ2v) is 4.77. The second-order valence-electron chi connectivity index (χ2n) is 4.30. The van der Waals surface area contributed by atoms with E-state index in [0.717, 1.165) is 6.42 Å². The zero-order valence-corrected chi connectivity index (χ0v) is 10.8. The molecular formula is C12H17N3OS. The summed E-state index contributed by atoms with van der Waals surface area (Å²) in [4.78, 5) is 16.1. The zero-order chi connectivity index (χ0) is 12.8. The SMILES string of the molecule is CC(C)CC(NC(=O)c1cccnc1)C(N)=S. The van der Waals surface area contributed by atoms with E-state index >= 15 is 0 Å². The highest BCUT2D eigenvalue weighted by Gasteiger charge is 2.17. The topological polar surface area (TPSA) is 68.0 Å². The maximum Gasteiger partial charge on any atom is 0.253 e. The van der Waals surface area contributed by atoms with Crippen LogP contribution in [0.2, 0.25) is 0 Å². The Balaban J connectivity index is 2.68. The van der Waals surface area contributed by atoms with Gasteiger partial charge in [0, 0.05) is 12.4 Å². The number of hydrogen-bond donors (Lipinski definition) is 2. The molecule has 4 nitrogen and oxygen atoms in total. The van der Waals surface area contributed by atoms with Crippen molar-refractivity contribution in [2.24, 2.45) is 11.7 Å². The molecule has 1 unspecified atom stereocenters. The van der Waals surface area contributed by atoms with Gasteiger partial charge in [0.2, 0.25) is 0 Å². The summed E-state index contributed by atoms with van der Waals surface area (Å²) in [6.45, 7) is 4.11. The van der Waals surface area contributed by atoms with Crippen LogP contribution in [0, 0.1) is 5.92 Å². The van der Waals surface area contributed by atoms with Crippen molar-refractivity contribution in [2.75, 3.05) is 0 Å². The molecule has 0 aromatic carbocycles. The van der Waals surface area contributed by atoms with Crippen LogP contribution in [0.5, 0.6) is 0 Å². The minimum atomic E-state index is -0.266. The molecule has 0 aliphatic rings. The monoisotopic (exact) mass is 251 g/mol. The maximum atomic E-state index is 11.9. The van der Waals surface area contributed by atoms with E-state index in [-0.39, 0.29) is 11.9 Å². The summed E-state index contributed by atoms with van der Waals surface area (Å²) in [7, 11) is 0. The van der Waals surface area contributed by atoms with E-state index in [2.05, 4.69) is 24.1 Å². The van der Waals surface area contributed by atoms with E-state index in [1.165, 1.54) is 6.20 Å². The van der Waals surface area contributed by atoms with Gasteiger partial charge in [0.05, 0.1) is 16.6 Å². The van der Waals surface area contributed by atoms with Gasteiger partial charge in [-0.15, -0.1) is 0 Å². The number of amides is 1. The number of carbonyl (C=O) groups excluding carboxylic acids is 1. The van der Waals surface area contributed by atoms with Crippen molar-refractivity contribution in [3.05, 3.63) is 30.1 Å². The molecule has 1 heterocycles. The Morgan fingerprint density at radius 2 is 2.29 bits per heavy atom. The minimum Gasteiger partial charge on any atom is -0.392 e. The number of aromatic nitrogens is 1. The predicted octanol–water partition coefficient (Wildman–Crippen LogP) is 1.51. The number of rotatable bonds is 5. The Kier molecular flexibility index (Phi) is 5.03. The van der Waals surface area contributed by atoms with E-state index in [1.807, 2.05) is 0 Å². The lowest BCUT2D eigenvalue weighted by atomic mass is 10.0. The van der Waals surface area contributed by atoms with Gasteiger partial charge in [-0.2, -0.15) is 0 Å². The molecule has 0 saturated heterocycles. The summed E-state index contributed by atoms with van der Waals surface area (Å²) in [5.41, 5.74) is 6.12. The van der Waals surface area contributed by atoms with Crippen LogP contribution in [-0.4, -0.2) is 21.9 Å². The van der Waals surface area contributed by atoms with E-state index in [9.17, 15) is 4.79 Å². The van der Waals surface area contributed by atoms with E-state index in [0.29, 0.717) is 16.5 Å². The standard InChI is InChI=1S/C12H17N3OS/c1-8(2)6-10(11(13)17)15-12(16)9-4-3-5-14-7-9/h3-5,7-8,10H,6H2,1-2H3,(H2,13,17)(H,15,16). The number of hydrogen-bond acceptors (Lipinski definition) is 3. The van der Waals surface area contributed by atoms with Gasteiger partial charge < -0.3 is 11.1 Å². The first-order valence-electron chi connectivity index (χ1n) is 5.51. The summed E-state index contributed by atoms with van der Waals surface area (Å²) in [6, 6.07) is 3.15. The summed E-state index contributed by atoms with van der Waals surface area (Å²) >= 11 is 4.95. The first kappa shape index (κ1) is 13.6. The molecule has 1 aromatic heterocycles. The quantitative estimate of drug-likeness (QED) is 0.778. The molecule has 92 valence electrons. The Bertz CT molecular complexity index is 392. The van der Waals surface area contributed by atoms with Crippen molar-refractivity contribution in [3.8, 4) is 0 Å². The van der Waals surface area contributed by atoms with Crippen LogP contribution in [0.4, 0.5) is 0 Å². The summed E-state index contributed by atoms with van der Waals surface area (Å²) < 4.78 is 0. The van der Waals surface area contributed by atoms with E-state index < -0.39 is 0 Å². The Morgan fingerprint density at radius 1 is 1.59 bits per heavy atom. The van der Waals surface area contributed by atoms with Gasteiger partial charge >= 0.3 is 0 Å². The minimum absolute atomic E-state index is 0.198. The molecule has 0 bridgehead atoms. The lowest BCUT2D eigenvalue weighted by Crippen LogP contribution is -2.44. The van der Waals surface area contributed by atoms with Crippen molar-refractivity contribution in [1.82, 2.24) is 10.3 Å². The second kappa shape index (κ2) is 6.30. The van der Waals surface area contributed by atoms with Crippen LogP contribution < -0.4 is 11.1 Å². The van der Waals surface area contributed by atoms with E-state index in [1.54, 1.807) is 18.3 Å². The molecule has 0 radical (unpaired) electrons. The number of nitrogens with two attached hydrogens (primary N) is 1. The van der Waals surface area contributed by atoms with E-state index in [4.69, 9.17) is 18.0 Å². The van der Waals surface area contributed by atoms with Crippen molar-refractivity contribution in [3.63, 3.8) is 0 Å². The number of nitrogens with one attached hydrogen (secondary N) is 1. The molecular weight excluding hydrogens is 234 g/mol. The van der Waals surface area contributed by atoms with Crippen molar-refractivity contribution in [2.45, 2.75) is 26.3 Å². The summed E-state index contributed by atoms with van der Waals surface area (Å²) in [5, 5.41) is 2.82. The number of pyridine rings is 1. The van der Waals surface area contributed by atoms with Crippen LogP contribution in [0.3, 0.4) is 0 Å². The van der Waals surface area contributed by atoms with Crippen LogP contribution >= 0.6 is 12.2 Å². The first-order chi connectivity index (χ1) is 8.00. The molecule has 5 heteroatoms. The average Bonchev–Trinajstić information content (AvgIpc) is 2.28. The van der Waals surface area contributed by atoms with Crippen LogP contribution in [0.1, 0.15) is 30.6 Å². The van der Waals surface area contributed by atoms with Crippen molar-refractivity contribution in [1.29, 1.82) is 0 Å². The third-order valence-corrected chi connectivity index (χ3v) is 2.56. The molecule has 0 aliphatic heterocycles. The molecule has 0 fully saturated rings. The molecule has 0 spiro atoms. The predicted molar refractivity (Wildman–Crippen MR) is 71.7 cm³/mol. The molecule has 1 rings (SSSR count).